The molecule has 2 N–H and O–H groups in total. The number of aromatic nitrogens is 2. The maximum absolute atomic E-state index is 12.1. The Labute approximate surface area is 120 Å². The van der Waals surface area contributed by atoms with Gasteiger partial charge in [-0.05, 0) is 25.7 Å². The summed E-state index contributed by atoms with van der Waals surface area (Å²) in [6.45, 7) is 3.43. The van der Waals surface area contributed by atoms with Crippen molar-refractivity contribution in [3.63, 3.8) is 0 Å². The predicted octanol–water partition coefficient (Wildman–Crippen LogP) is 1.61. The van der Waals surface area contributed by atoms with Gasteiger partial charge in [0.05, 0.1) is 18.4 Å². The Hall–Kier alpha value is -1.36. The van der Waals surface area contributed by atoms with Crippen LogP contribution in [0.25, 0.3) is 0 Å². The molecule has 0 bridgehead atoms. The normalized spacial score (nSPS) is 17.9. The molecule has 0 aromatic carbocycles. The Morgan fingerprint density at radius 1 is 1.45 bits per heavy atom. The number of hydrogen-bond acceptors (Lipinski definition) is 4. The lowest BCUT2D eigenvalue weighted by Crippen LogP contribution is -2.39. The third kappa shape index (κ3) is 3.60. The van der Waals surface area contributed by atoms with Crippen LogP contribution in [0.4, 0.5) is 5.69 Å². The standard InChI is InChI=1S/C15H26N4O/c1-3-18(2)13-9-15(20)19(17-10-13)11-14(16)12-7-5-4-6-8-12/h9-10,12,14H,3-8,11,16H2,1-2H3. The van der Waals surface area contributed by atoms with Gasteiger partial charge in [0, 0.05) is 25.7 Å². The van der Waals surface area contributed by atoms with E-state index in [1.54, 1.807) is 12.3 Å². The molecule has 0 saturated heterocycles. The molecule has 1 heterocycles. The molecular formula is C15H26N4O. The first-order valence-electron chi connectivity index (χ1n) is 7.65. The Bertz CT molecular complexity index is 479. The van der Waals surface area contributed by atoms with Gasteiger partial charge < -0.3 is 10.6 Å². The first-order valence-corrected chi connectivity index (χ1v) is 7.65. The molecule has 20 heavy (non-hydrogen) atoms. The van der Waals surface area contributed by atoms with Crippen LogP contribution in [-0.4, -0.2) is 29.4 Å². The monoisotopic (exact) mass is 278 g/mol. The highest BCUT2D eigenvalue weighted by molar-refractivity contribution is 5.41. The number of hydrogen-bond donors (Lipinski definition) is 1. The minimum absolute atomic E-state index is 0.0373. The van der Waals surface area contributed by atoms with E-state index in [2.05, 4.69) is 5.10 Å². The van der Waals surface area contributed by atoms with Gasteiger partial charge in [-0.15, -0.1) is 0 Å². The average Bonchev–Trinajstić information content (AvgIpc) is 2.49. The predicted molar refractivity (Wildman–Crippen MR) is 82.0 cm³/mol. The molecule has 0 radical (unpaired) electrons. The van der Waals surface area contributed by atoms with Gasteiger partial charge >= 0.3 is 0 Å². The summed E-state index contributed by atoms with van der Waals surface area (Å²) >= 11 is 0. The molecule has 1 aromatic rings. The number of nitrogens with two attached hydrogens (primary N) is 1. The van der Waals surface area contributed by atoms with Crippen LogP contribution in [0.15, 0.2) is 17.1 Å². The summed E-state index contributed by atoms with van der Waals surface area (Å²) in [5.74, 6) is 0.537. The van der Waals surface area contributed by atoms with Crippen LogP contribution < -0.4 is 16.2 Å². The van der Waals surface area contributed by atoms with Crippen molar-refractivity contribution >= 4 is 5.69 Å². The first kappa shape index (κ1) is 15.0. The minimum Gasteiger partial charge on any atom is -0.373 e. The van der Waals surface area contributed by atoms with Crippen molar-refractivity contribution in [3.8, 4) is 0 Å². The van der Waals surface area contributed by atoms with Crippen molar-refractivity contribution in [2.75, 3.05) is 18.5 Å². The lowest BCUT2D eigenvalue weighted by atomic mass is 9.84. The van der Waals surface area contributed by atoms with Crippen molar-refractivity contribution in [2.45, 2.75) is 51.6 Å². The number of nitrogens with zero attached hydrogens (tertiary/aromatic N) is 3. The van der Waals surface area contributed by atoms with E-state index < -0.39 is 0 Å². The summed E-state index contributed by atoms with van der Waals surface area (Å²) < 4.78 is 1.51. The SMILES string of the molecule is CCN(C)c1cnn(CC(N)C2CCCCC2)c(=O)c1. The van der Waals surface area contributed by atoms with E-state index in [9.17, 15) is 4.79 Å². The molecule has 1 atom stereocenters. The molecule has 0 spiro atoms. The van der Waals surface area contributed by atoms with E-state index in [-0.39, 0.29) is 11.6 Å². The topological polar surface area (TPSA) is 64.2 Å². The zero-order valence-electron chi connectivity index (χ0n) is 12.6. The van der Waals surface area contributed by atoms with Gasteiger partial charge in [0.2, 0.25) is 0 Å². The third-order valence-corrected chi connectivity index (χ3v) is 4.41. The van der Waals surface area contributed by atoms with Gasteiger partial charge in [0.1, 0.15) is 0 Å². The van der Waals surface area contributed by atoms with Crippen LogP contribution in [0.5, 0.6) is 0 Å². The fourth-order valence-corrected chi connectivity index (χ4v) is 2.86. The molecule has 1 aliphatic rings. The first-order chi connectivity index (χ1) is 9.61. The molecule has 1 aromatic heterocycles. The zero-order chi connectivity index (χ0) is 14.5. The summed E-state index contributed by atoms with van der Waals surface area (Å²) in [6, 6.07) is 1.68. The average molecular weight is 278 g/mol. The Morgan fingerprint density at radius 3 is 2.75 bits per heavy atom. The lowest BCUT2D eigenvalue weighted by molar-refractivity contribution is 0.277. The Kier molecular flexibility index (Phi) is 5.17. The van der Waals surface area contributed by atoms with Crippen molar-refractivity contribution in [3.05, 3.63) is 22.6 Å². The quantitative estimate of drug-likeness (QED) is 0.888. The van der Waals surface area contributed by atoms with Crippen molar-refractivity contribution in [1.82, 2.24) is 9.78 Å². The highest BCUT2D eigenvalue weighted by Crippen LogP contribution is 2.25. The second-order valence-electron chi connectivity index (χ2n) is 5.81. The lowest BCUT2D eigenvalue weighted by Gasteiger charge is -2.27. The maximum Gasteiger partial charge on any atom is 0.268 e. The minimum atomic E-state index is -0.0611. The van der Waals surface area contributed by atoms with E-state index in [4.69, 9.17) is 5.73 Å². The second-order valence-corrected chi connectivity index (χ2v) is 5.81. The van der Waals surface area contributed by atoms with Gasteiger partial charge in [-0.1, -0.05) is 19.3 Å². The fourth-order valence-electron chi connectivity index (χ4n) is 2.86. The molecular weight excluding hydrogens is 252 g/mol. The van der Waals surface area contributed by atoms with Gasteiger partial charge in [0.15, 0.2) is 0 Å². The maximum atomic E-state index is 12.1. The highest BCUT2D eigenvalue weighted by Gasteiger charge is 2.21. The molecule has 0 amide bonds. The molecule has 5 nitrogen and oxygen atoms in total. The van der Waals surface area contributed by atoms with Crippen LogP contribution >= 0.6 is 0 Å². The summed E-state index contributed by atoms with van der Waals surface area (Å²) in [5.41, 5.74) is 7.06. The molecule has 112 valence electrons. The Morgan fingerprint density at radius 2 is 2.15 bits per heavy atom. The van der Waals surface area contributed by atoms with E-state index in [0.29, 0.717) is 12.5 Å². The van der Waals surface area contributed by atoms with Crippen LogP contribution in [0.3, 0.4) is 0 Å². The molecule has 0 aliphatic heterocycles. The van der Waals surface area contributed by atoms with E-state index in [1.807, 2.05) is 18.9 Å². The summed E-state index contributed by atoms with van der Waals surface area (Å²) in [4.78, 5) is 14.1. The fraction of sp³-hybridized carbons (Fsp3) is 0.733. The van der Waals surface area contributed by atoms with Crippen LogP contribution in [0.2, 0.25) is 0 Å². The number of anilines is 1. The summed E-state index contributed by atoms with van der Waals surface area (Å²) in [5, 5.41) is 4.26. The van der Waals surface area contributed by atoms with Crippen LogP contribution in [0, 0.1) is 5.92 Å². The molecule has 1 saturated carbocycles. The van der Waals surface area contributed by atoms with E-state index in [1.165, 1.54) is 36.8 Å². The number of rotatable bonds is 5. The zero-order valence-corrected chi connectivity index (χ0v) is 12.6. The van der Waals surface area contributed by atoms with E-state index in [0.717, 1.165) is 12.2 Å². The van der Waals surface area contributed by atoms with Gasteiger partial charge in [-0.25, -0.2) is 4.68 Å². The molecule has 1 fully saturated rings. The molecule has 1 aliphatic carbocycles. The van der Waals surface area contributed by atoms with Gasteiger partial charge in [-0.3, -0.25) is 4.79 Å². The molecule has 5 heteroatoms. The van der Waals surface area contributed by atoms with Crippen molar-refractivity contribution < 1.29 is 0 Å². The summed E-state index contributed by atoms with van der Waals surface area (Å²) in [7, 11) is 1.95. The van der Waals surface area contributed by atoms with Crippen molar-refractivity contribution in [1.29, 1.82) is 0 Å². The highest BCUT2D eigenvalue weighted by atomic mass is 16.1. The molecule has 2 rings (SSSR count). The molecule has 1 unspecified atom stereocenters. The van der Waals surface area contributed by atoms with Crippen LogP contribution in [-0.2, 0) is 6.54 Å². The van der Waals surface area contributed by atoms with Crippen LogP contribution in [0.1, 0.15) is 39.0 Å². The van der Waals surface area contributed by atoms with Crippen molar-refractivity contribution in [2.24, 2.45) is 11.7 Å². The van der Waals surface area contributed by atoms with Gasteiger partial charge in [0.25, 0.3) is 5.56 Å². The van der Waals surface area contributed by atoms with E-state index >= 15 is 0 Å². The largest absolute Gasteiger partial charge is 0.373 e. The third-order valence-electron chi connectivity index (χ3n) is 4.41. The summed E-state index contributed by atoms with van der Waals surface area (Å²) in [6.07, 6.45) is 7.97. The van der Waals surface area contributed by atoms with Gasteiger partial charge in [-0.2, -0.15) is 5.10 Å². The second kappa shape index (κ2) is 6.88. The Balaban J connectivity index is 2.03. The smallest absolute Gasteiger partial charge is 0.268 e.